The average Bonchev–Trinajstić information content (AvgIpc) is 3.17. The van der Waals surface area contributed by atoms with Gasteiger partial charge in [0.15, 0.2) is 0 Å². The van der Waals surface area contributed by atoms with E-state index in [1.54, 1.807) is 19.1 Å². The summed E-state index contributed by atoms with van der Waals surface area (Å²) in [6.07, 6.45) is 10.9. The lowest BCUT2D eigenvalue weighted by molar-refractivity contribution is 0.0836. The molecule has 1 N–H and O–H groups in total. The van der Waals surface area contributed by atoms with Gasteiger partial charge in [-0.2, -0.15) is 5.10 Å². The van der Waals surface area contributed by atoms with Crippen LogP contribution in [0.4, 0.5) is 4.39 Å². The van der Waals surface area contributed by atoms with Gasteiger partial charge in [-0.25, -0.2) is 9.07 Å². The van der Waals surface area contributed by atoms with Gasteiger partial charge in [-0.3, -0.25) is 0 Å². The fourth-order valence-corrected chi connectivity index (χ4v) is 3.61. The zero-order valence-corrected chi connectivity index (χ0v) is 16.0. The maximum Gasteiger partial charge on any atom is 0.123 e. The van der Waals surface area contributed by atoms with Crippen molar-refractivity contribution in [2.24, 2.45) is 5.41 Å². The minimum atomic E-state index is -0.272. The highest BCUT2D eigenvalue weighted by molar-refractivity contribution is 5.62. The molecular formula is C22H27FN2O. The number of aliphatic hydroxyl groups excluding tert-OH is 1. The molecule has 2 aliphatic rings. The van der Waals surface area contributed by atoms with Crippen LogP contribution in [-0.4, -0.2) is 21.0 Å². The van der Waals surface area contributed by atoms with Crippen LogP contribution in [0.5, 0.6) is 0 Å². The summed E-state index contributed by atoms with van der Waals surface area (Å²) in [6, 6.07) is 6.36. The molecule has 1 fully saturated rings. The van der Waals surface area contributed by atoms with E-state index in [-0.39, 0.29) is 17.3 Å². The molecule has 4 rings (SSSR count). The van der Waals surface area contributed by atoms with Gasteiger partial charge in [-0.15, -0.1) is 12.3 Å². The normalized spacial score (nSPS) is 22.5. The maximum absolute atomic E-state index is 13.1. The smallest absolute Gasteiger partial charge is 0.123 e. The van der Waals surface area contributed by atoms with Gasteiger partial charge in [-0.1, -0.05) is 26.3 Å². The van der Waals surface area contributed by atoms with Crippen molar-refractivity contribution >= 4 is 6.08 Å². The van der Waals surface area contributed by atoms with Crippen molar-refractivity contribution < 1.29 is 9.50 Å². The van der Waals surface area contributed by atoms with Crippen molar-refractivity contribution in [2.75, 3.05) is 0 Å². The summed E-state index contributed by atoms with van der Waals surface area (Å²) < 4.78 is 14.9. The molecule has 1 aromatic carbocycles. The number of hydrogen-bond donors (Lipinski definition) is 1. The van der Waals surface area contributed by atoms with Crippen molar-refractivity contribution in [3.8, 4) is 18.0 Å². The van der Waals surface area contributed by atoms with E-state index in [0.29, 0.717) is 0 Å². The summed E-state index contributed by atoms with van der Waals surface area (Å²) in [6.45, 7) is 7.79. The largest absolute Gasteiger partial charge is 0.392 e. The Labute approximate surface area is 155 Å². The van der Waals surface area contributed by atoms with Crippen LogP contribution in [0.2, 0.25) is 0 Å². The van der Waals surface area contributed by atoms with Crippen LogP contribution in [0.25, 0.3) is 11.8 Å². The lowest BCUT2D eigenvalue weighted by Gasteiger charge is -2.33. The lowest BCUT2D eigenvalue weighted by atomic mass is 9.74. The minimum Gasteiger partial charge on any atom is -0.392 e. The first-order valence-corrected chi connectivity index (χ1v) is 9.09. The quantitative estimate of drug-likeness (QED) is 0.749. The molecular weight excluding hydrogens is 327 g/mol. The number of benzene rings is 1. The zero-order valence-electron chi connectivity index (χ0n) is 16.0. The summed E-state index contributed by atoms with van der Waals surface area (Å²) in [7, 11) is 0. The second-order valence-corrected chi connectivity index (χ2v) is 6.55. The first-order chi connectivity index (χ1) is 12.5. The molecule has 2 aliphatic carbocycles. The summed E-state index contributed by atoms with van der Waals surface area (Å²) >= 11 is 0. The second kappa shape index (κ2) is 8.33. The summed E-state index contributed by atoms with van der Waals surface area (Å²) in [5, 5.41) is 14.7. The molecule has 0 amide bonds. The Kier molecular flexibility index (Phi) is 6.39. The molecule has 26 heavy (non-hydrogen) atoms. The lowest BCUT2D eigenvalue weighted by Crippen LogP contribution is -2.32. The van der Waals surface area contributed by atoms with Gasteiger partial charge in [-0.05, 0) is 62.1 Å². The Balaban J connectivity index is 0.000000444. The number of rotatable bonds is 1. The third-order valence-electron chi connectivity index (χ3n) is 4.98. The standard InChI is InChI=1S/C17H17FN2O.C3H4.C2H6/c1-17-9-11-10-19-20(14-5-3-13(18)4-6-14)15(11)8-12(17)2-7-16(17)21;1-3-2;1-2/h3-6,8,10,16,21H,2,7,9H2,1H3;1H,2H3;1-2H3. The van der Waals surface area contributed by atoms with Crippen LogP contribution in [0, 0.1) is 23.6 Å². The molecule has 2 aromatic rings. The highest BCUT2D eigenvalue weighted by Crippen LogP contribution is 2.49. The monoisotopic (exact) mass is 354 g/mol. The topological polar surface area (TPSA) is 38.0 Å². The molecule has 2 unspecified atom stereocenters. The molecule has 2 atom stereocenters. The third kappa shape index (κ3) is 3.59. The van der Waals surface area contributed by atoms with Crippen molar-refractivity contribution in [1.82, 2.24) is 9.78 Å². The Hall–Kier alpha value is -2.38. The Morgan fingerprint density at radius 2 is 1.92 bits per heavy atom. The molecule has 1 saturated carbocycles. The Bertz CT molecular complexity index is 814. The second-order valence-electron chi connectivity index (χ2n) is 6.55. The molecule has 0 bridgehead atoms. The predicted molar refractivity (Wildman–Crippen MR) is 104 cm³/mol. The number of terminal acetylenes is 1. The summed E-state index contributed by atoms with van der Waals surface area (Å²) in [5.41, 5.74) is 4.21. The SMILES string of the molecule is C#CC.CC.CC12Cc3cnn(-c4ccc(F)cc4)c3C=C1CCC2O. The van der Waals surface area contributed by atoms with Gasteiger partial charge >= 0.3 is 0 Å². The molecule has 0 radical (unpaired) electrons. The number of nitrogens with zero attached hydrogens (tertiary/aromatic N) is 2. The van der Waals surface area contributed by atoms with Gasteiger partial charge in [0.1, 0.15) is 5.82 Å². The van der Waals surface area contributed by atoms with E-state index in [2.05, 4.69) is 30.4 Å². The van der Waals surface area contributed by atoms with E-state index in [4.69, 9.17) is 0 Å². The fourth-order valence-electron chi connectivity index (χ4n) is 3.61. The average molecular weight is 354 g/mol. The van der Waals surface area contributed by atoms with Crippen molar-refractivity contribution in [3.05, 3.63) is 53.1 Å². The number of fused-ring (bicyclic) bond motifs is 2. The van der Waals surface area contributed by atoms with Crippen molar-refractivity contribution in [1.29, 1.82) is 0 Å². The molecule has 0 spiro atoms. The molecule has 1 aromatic heterocycles. The van der Waals surface area contributed by atoms with Gasteiger partial charge < -0.3 is 5.11 Å². The predicted octanol–water partition coefficient (Wildman–Crippen LogP) is 4.78. The molecule has 1 heterocycles. The first-order valence-electron chi connectivity index (χ1n) is 9.09. The van der Waals surface area contributed by atoms with E-state index in [9.17, 15) is 9.50 Å². The van der Waals surface area contributed by atoms with Crippen LogP contribution in [0.1, 0.15) is 51.8 Å². The minimum absolute atomic E-state index is 0.149. The number of aromatic nitrogens is 2. The number of halogens is 1. The molecule has 0 saturated heterocycles. The molecule has 3 nitrogen and oxygen atoms in total. The van der Waals surface area contributed by atoms with Gasteiger partial charge in [0.05, 0.1) is 23.7 Å². The van der Waals surface area contributed by atoms with E-state index >= 15 is 0 Å². The van der Waals surface area contributed by atoms with Crippen molar-refractivity contribution in [3.63, 3.8) is 0 Å². The van der Waals surface area contributed by atoms with Gasteiger partial charge in [0, 0.05) is 5.41 Å². The molecule has 138 valence electrons. The van der Waals surface area contributed by atoms with Gasteiger partial charge in [0.2, 0.25) is 0 Å². The Morgan fingerprint density at radius 1 is 1.31 bits per heavy atom. The number of aliphatic hydroxyl groups is 1. The van der Waals surface area contributed by atoms with Crippen LogP contribution < -0.4 is 0 Å². The van der Waals surface area contributed by atoms with E-state index in [0.717, 1.165) is 36.2 Å². The maximum atomic E-state index is 13.1. The molecule has 4 heteroatoms. The van der Waals surface area contributed by atoms with Gasteiger partial charge in [0.25, 0.3) is 0 Å². The number of hydrogen-bond acceptors (Lipinski definition) is 2. The van der Waals surface area contributed by atoms with Crippen LogP contribution in [0.15, 0.2) is 36.0 Å². The highest BCUT2D eigenvalue weighted by atomic mass is 19.1. The van der Waals surface area contributed by atoms with Crippen LogP contribution in [-0.2, 0) is 6.42 Å². The fraction of sp³-hybridized carbons (Fsp3) is 0.409. The molecule has 0 aliphatic heterocycles. The van der Waals surface area contributed by atoms with Crippen LogP contribution >= 0.6 is 0 Å². The van der Waals surface area contributed by atoms with Crippen LogP contribution in [0.3, 0.4) is 0 Å². The van der Waals surface area contributed by atoms with E-state index in [1.807, 2.05) is 24.7 Å². The summed E-state index contributed by atoms with van der Waals surface area (Å²) in [4.78, 5) is 0. The van der Waals surface area contributed by atoms with E-state index in [1.165, 1.54) is 17.7 Å². The zero-order chi connectivity index (χ0) is 19.3. The summed E-state index contributed by atoms with van der Waals surface area (Å²) in [5.74, 6) is 2.00. The van der Waals surface area contributed by atoms with Crippen molar-refractivity contribution in [2.45, 2.75) is 53.1 Å². The first kappa shape index (κ1) is 19.9. The highest BCUT2D eigenvalue weighted by Gasteiger charge is 2.44. The van der Waals surface area contributed by atoms with E-state index < -0.39 is 0 Å². The Morgan fingerprint density at radius 3 is 2.54 bits per heavy atom. The third-order valence-corrected chi connectivity index (χ3v) is 4.98.